The number of nitrogens with one attached hydrogen (secondary N) is 1. The molecule has 2 aromatic rings. The van der Waals surface area contributed by atoms with E-state index >= 15 is 0 Å². The molecular formula is C16H13F3N2O4. The van der Waals surface area contributed by atoms with Gasteiger partial charge in [-0.15, -0.1) is 0 Å². The second-order valence-corrected chi connectivity index (χ2v) is 4.91. The van der Waals surface area contributed by atoms with Crippen LogP contribution in [-0.2, 0) is 10.9 Å². The molecule has 0 aliphatic rings. The van der Waals surface area contributed by atoms with E-state index < -0.39 is 28.3 Å². The summed E-state index contributed by atoms with van der Waals surface area (Å²) in [5, 5.41) is 13.6. The normalized spacial score (nSPS) is 11.0. The van der Waals surface area contributed by atoms with Gasteiger partial charge in [0.25, 0.3) is 5.69 Å². The fourth-order valence-electron chi connectivity index (χ4n) is 2.07. The highest BCUT2D eigenvalue weighted by molar-refractivity contribution is 5.91. The Balaban J connectivity index is 2.40. The van der Waals surface area contributed by atoms with E-state index in [0.717, 1.165) is 6.07 Å². The number of carbonyl (C=O) groups is 1. The molecule has 0 aliphatic heterocycles. The zero-order valence-corrected chi connectivity index (χ0v) is 13.0. The van der Waals surface area contributed by atoms with Crippen molar-refractivity contribution < 1.29 is 27.6 Å². The van der Waals surface area contributed by atoms with Crippen molar-refractivity contribution in [2.24, 2.45) is 0 Å². The summed E-state index contributed by atoms with van der Waals surface area (Å²) in [6, 6.07) is 7.81. The lowest BCUT2D eigenvalue weighted by molar-refractivity contribution is -0.384. The first-order chi connectivity index (χ1) is 11.7. The summed E-state index contributed by atoms with van der Waals surface area (Å²) in [5.74, 6) is -0.607. The third-order valence-electron chi connectivity index (χ3n) is 3.17. The summed E-state index contributed by atoms with van der Waals surface area (Å²) in [4.78, 5) is 22.0. The predicted molar refractivity (Wildman–Crippen MR) is 83.8 cm³/mol. The van der Waals surface area contributed by atoms with Gasteiger partial charge >= 0.3 is 12.1 Å². The number of benzene rings is 2. The second kappa shape index (κ2) is 7.20. The number of nitro benzene ring substituents is 1. The van der Waals surface area contributed by atoms with Crippen molar-refractivity contribution in [2.75, 3.05) is 11.9 Å². The molecule has 0 unspecified atom stereocenters. The highest BCUT2D eigenvalue weighted by atomic mass is 19.4. The first-order valence-electron chi connectivity index (χ1n) is 7.12. The molecule has 0 aromatic heterocycles. The Morgan fingerprint density at radius 3 is 2.56 bits per heavy atom. The van der Waals surface area contributed by atoms with E-state index in [4.69, 9.17) is 4.74 Å². The Hall–Kier alpha value is -3.10. The van der Waals surface area contributed by atoms with Crippen LogP contribution in [0, 0.1) is 10.1 Å². The largest absolute Gasteiger partial charge is 0.462 e. The Bertz CT molecular complexity index is 806. The number of ether oxygens (including phenoxy) is 1. The van der Waals surface area contributed by atoms with Gasteiger partial charge in [0.15, 0.2) is 0 Å². The Morgan fingerprint density at radius 1 is 1.24 bits per heavy atom. The molecular weight excluding hydrogens is 341 g/mol. The number of nitro groups is 1. The fourth-order valence-corrected chi connectivity index (χ4v) is 2.07. The zero-order valence-electron chi connectivity index (χ0n) is 13.0. The molecule has 0 aliphatic carbocycles. The molecule has 0 spiro atoms. The lowest BCUT2D eigenvalue weighted by Gasteiger charge is -2.12. The van der Waals surface area contributed by atoms with Crippen LogP contribution in [0.1, 0.15) is 22.8 Å². The van der Waals surface area contributed by atoms with Crippen LogP contribution in [0.5, 0.6) is 0 Å². The van der Waals surface area contributed by atoms with Crippen LogP contribution in [0.4, 0.5) is 30.2 Å². The smallest absolute Gasteiger partial charge is 0.416 e. The van der Waals surface area contributed by atoms with Crippen molar-refractivity contribution >= 4 is 23.0 Å². The van der Waals surface area contributed by atoms with Gasteiger partial charge in [-0.3, -0.25) is 10.1 Å². The molecule has 0 radical (unpaired) electrons. The lowest BCUT2D eigenvalue weighted by Crippen LogP contribution is -2.07. The number of carbonyl (C=O) groups excluding carboxylic acids is 1. The Kier molecular flexibility index (Phi) is 5.26. The molecule has 0 amide bonds. The predicted octanol–water partition coefficient (Wildman–Crippen LogP) is 4.53. The molecule has 6 nitrogen and oxygen atoms in total. The Labute approximate surface area is 140 Å². The number of rotatable bonds is 5. The van der Waals surface area contributed by atoms with Crippen LogP contribution < -0.4 is 5.32 Å². The lowest BCUT2D eigenvalue weighted by atomic mass is 10.1. The van der Waals surface area contributed by atoms with Crippen molar-refractivity contribution in [3.8, 4) is 0 Å². The molecule has 2 rings (SSSR count). The van der Waals surface area contributed by atoms with Crippen LogP contribution in [0.15, 0.2) is 42.5 Å². The minimum absolute atomic E-state index is 0.162. The summed E-state index contributed by atoms with van der Waals surface area (Å²) in [6.07, 6.45) is -4.64. The molecule has 0 atom stereocenters. The highest BCUT2D eigenvalue weighted by Crippen LogP contribution is 2.36. The third kappa shape index (κ3) is 4.46. The summed E-state index contributed by atoms with van der Waals surface area (Å²) >= 11 is 0. The summed E-state index contributed by atoms with van der Waals surface area (Å²) in [5.41, 5.74) is -1.49. The standard InChI is InChI=1S/C16H13F3N2O4/c1-2-25-15(22)10-4-3-5-12(8-10)20-13-9-11(16(17,18)19)6-7-14(13)21(23)24/h3-9,20H,2H2,1H3. The molecule has 25 heavy (non-hydrogen) atoms. The molecule has 0 heterocycles. The maximum Gasteiger partial charge on any atom is 0.416 e. The van der Waals surface area contributed by atoms with Gasteiger partial charge in [-0.25, -0.2) is 4.79 Å². The fraction of sp³-hybridized carbons (Fsp3) is 0.188. The van der Waals surface area contributed by atoms with E-state index in [1.807, 2.05) is 0 Å². The number of anilines is 2. The van der Waals surface area contributed by atoms with Crippen LogP contribution >= 0.6 is 0 Å². The molecule has 132 valence electrons. The van der Waals surface area contributed by atoms with E-state index in [1.54, 1.807) is 6.92 Å². The van der Waals surface area contributed by atoms with Crippen molar-refractivity contribution in [2.45, 2.75) is 13.1 Å². The quantitative estimate of drug-likeness (QED) is 0.484. The van der Waals surface area contributed by atoms with Crippen molar-refractivity contribution in [3.05, 3.63) is 63.7 Å². The minimum Gasteiger partial charge on any atom is -0.462 e. The van der Waals surface area contributed by atoms with Gasteiger partial charge < -0.3 is 10.1 Å². The van der Waals surface area contributed by atoms with Crippen LogP contribution in [-0.4, -0.2) is 17.5 Å². The van der Waals surface area contributed by atoms with Gasteiger partial charge in [-0.2, -0.15) is 13.2 Å². The summed E-state index contributed by atoms with van der Waals surface area (Å²) < 4.78 is 43.3. The summed E-state index contributed by atoms with van der Waals surface area (Å²) in [6.45, 7) is 1.79. The molecule has 0 saturated carbocycles. The number of esters is 1. The van der Waals surface area contributed by atoms with Gasteiger partial charge in [0.2, 0.25) is 0 Å². The monoisotopic (exact) mass is 354 g/mol. The first kappa shape index (κ1) is 18.2. The van der Waals surface area contributed by atoms with Gasteiger partial charge in [-0.05, 0) is 37.3 Å². The van der Waals surface area contributed by atoms with Crippen LogP contribution in [0.25, 0.3) is 0 Å². The second-order valence-electron chi connectivity index (χ2n) is 4.91. The van der Waals surface area contributed by atoms with Crippen LogP contribution in [0.2, 0.25) is 0 Å². The number of hydrogen-bond donors (Lipinski definition) is 1. The third-order valence-corrected chi connectivity index (χ3v) is 3.17. The average Bonchev–Trinajstić information content (AvgIpc) is 2.54. The number of halogens is 3. The number of hydrogen-bond acceptors (Lipinski definition) is 5. The maximum atomic E-state index is 12.8. The topological polar surface area (TPSA) is 81.5 Å². The van der Waals surface area contributed by atoms with E-state index in [9.17, 15) is 28.1 Å². The first-order valence-corrected chi connectivity index (χ1v) is 7.12. The molecule has 2 aromatic carbocycles. The Morgan fingerprint density at radius 2 is 1.96 bits per heavy atom. The average molecular weight is 354 g/mol. The van der Waals surface area contributed by atoms with Crippen molar-refractivity contribution in [1.82, 2.24) is 0 Å². The van der Waals surface area contributed by atoms with E-state index in [1.165, 1.54) is 24.3 Å². The SMILES string of the molecule is CCOC(=O)c1cccc(Nc2cc(C(F)(F)F)ccc2[N+](=O)[O-])c1. The summed E-state index contributed by atoms with van der Waals surface area (Å²) in [7, 11) is 0. The number of nitrogens with zero attached hydrogens (tertiary/aromatic N) is 1. The van der Waals surface area contributed by atoms with Gasteiger partial charge in [0.1, 0.15) is 5.69 Å². The van der Waals surface area contributed by atoms with E-state index in [2.05, 4.69) is 5.32 Å². The molecule has 0 saturated heterocycles. The number of alkyl halides is 3. The van der Waals surface area contributed by atoms with E-state index in [-0.39, 0.29) is 23.5 Å². The molecule has 1 N–H and O–H groups in total. The minimum atomic E-state index is -4.64. The molecule has 9 heteroatoms. The van der Waals surface area contributed by atoms with Gasteiger partial charge in [-0.1, -0.05) is 6.07 Å². The van der Waals surface area contributed by atoms with Crippen LogP contribution in [0.3, 0.4) is 0 Å². The van der Waals surface area contributed by atoms with Crippen molar-refractivity contribution in [3.63, 3.8) is 0 Å². The van der Waals surface area contributed by atoms with Crippen molar-refractivity contribution in [1.29, 1.82) is 0 Å². The van der Waals surface area contributed by atoms with E-state index in [0.29, 0.717) is 12.1 Å². The zero-order chi connectivity index (χ0) is 18.6. The van der Waals surface area contributed by atoms with Gasteiger partial charge in [0, 0.05) is 11.8 Å². The maximum absolute atomic E-state index is 12.8. The highest BCUT2D eigenvalue weighted by Gasteiger charge is 2.32. The molecule has 0 fully saturated rings. The van der Waals surface area contributed by atoms with Gasteiger partial charge in [0.05, 0.1) is 22.7 Å². The molecule has 0 bridgehead atoms.